The number of anilines is 1. The topological polar surface area (TPSA) is 73.2 Å². The van der Waals surface area contributed by atoms with E-state index in [-0.39, 0.29) is 17.2 Å². The SMILES string of the molecule is C=CCn1c(SCC(=O)Nc2ccc(Oc3ccccc3)cc2)nc2sc3c(c2c1=O)CCCC3. The number of hydrogen-bond acceptors (Lipinski definition) is 6. The zero-order valence-electron chi connectivity index (χ0n) is 19.2. The summed E-state index contributed by atoms with van der Waals surface area (Å²) < 4.78 is 7.42. The summed E-state index contributed by atoms with van der Waals surface area (Å²) in [6.45, 7) is 4.15. The van der Waals surface area contributed by atoms with E-state index in [9.17, 15) is 9.59 Å². The number of allylic oxidation sites excluding steroid dienone is 1. The van der Waals surface area contributed by atoms with E-state index in [2.05, 4.69) is 11.9 Å². The van der Waals surface area contributed by atoms with Crippen LogP contribution >= 0.6 is 23.1 Å². The minimum absolute atomic E-state index is 0.0359. The Morgan fingerprint density at radius 3 is 2.63 bits per heavy atom. The number of thiophene rings is 1. The number of carbonyl (C=O) groups excluding carboxylic acids is 1. The first-order valence-corrected chi connectivity index (χ1v) is 13.3. The Balaban J connectivity index is 1.28. The third-order valence-corrected chi connectivity index (χ3v) is 7.96. The van der Waals surface area contributed by atoms with E-state index in [1.54, 1.807) is 34.1 Å². The molecule has 4 aromatic rings. The molecule has 0 spiro atoms. The summed E-state index contributed by atoms with van der Waals surface area (Å²) in [7, 11) is 0. The standard InChI is InChI=1S/C27H25N3O3S2/c1-2-16-30-26(32)24-21-10-6-7-11-22(21)35-25(24)29-27(30)34-17-23(31)28-18-12-14-20(15-13-18)33-19-8-4-3-5-9-19/h2-5,8-9,12-15H,1,6-7,10-11,16-17H2,(H,28,31). The fourth-order valence-corrected chi connectivity index (χ4v) is 6.29. The van der Waals surface area contributed by atoms with Crippen LogP contribution in [0.1, 0.15) is 23.3 Å². The van der Waals surface area contributed by atoms with Crippen LogP contribution in [0.4, 0.5) is 5.69 Å². The summed E-state index contributed by atoms with van der Waals surface area (Å²) in [6, 6.07) is 16.7. The van der Waals surface area contributed by atoms with E-state index < -0.39 is 0 Å². The van der Waals surface area contributed by atoms with Crippen molar-refractivity contribution < 1.29 is 9.53 Å². The molecule has 1 aliphatic rings. The molecule has 5 rings (SSSR count). The van der Waals surface area contributed by atoms with Gasteiger partial charge in [0, 0.05) is 17.1 Å². The van der Waals surface area contributed by atoms with Crippen LogP contribution in [0.15, 0.2) is 77.2 Å². The molecule has 2 aromatic carbocycles. The first-order chi connectivity index (χ1) is 17.1. The van der Waals surface area contributed by atoms with Gasteiger partial charge in [0.25, 0.3) is 5.56 Å². The Labute approximate surface area is 211 Å². The molecule has 1 amide bonds. The molecule has 0 aliphatic heterocycles. The van der Waals surface area contributed by atoms with Gasteiger partial charge in [0.1, 0.15) is 16.3 Å². The van der Waals surface area contributed by atoms with Crippen LogP contribution in [0.2, 0.25) is 0 Å². The van der Waals surface area contributed by atoms with Crippen molar-refractivity contribution in [2.45, 2.75) is 37.4 Å². The molecular weight excluding hydrogens is 478 g/mol. The molecule has 35 heavy (non-hydrogen) atoms. The van der Waals surface area contributed by atoms with Gasteiger partial charge in [-0.2, -0.15) is 0 Å². The van der Waals surface area contributed by atoms with Crippen LogP contribution < -0.4 is 15.6 Å². The van der Waals surface area contributed by atoms with Crippen molar-refractivity contribution in [1.29, 1.82) is 0 Å². The van der Waals surface area contributed by atoms with Gasteiger partial charge in [0.15, 0.2) is 5.16 Å². The van der Waals surface area contributed by atoms with Gasteiger partial charge in [-0.15, -0.1) is 17.9 Å². The zero-order chi connectivity index (χ0) is 24.2. The molecule has 178 valence electrons. The number of para-hydroxylation sites is 1. The van der Waals surface area contributed by atoms with Crippen molar-refractivity contribution in [3.63, 3.8) is 0 Å². The normalized spacial score (nSPS) is 12.8. The average molecular weight is 504 g/mol. The lowest BCUT2D eigenvalue weighted by Crippen LogP contribution is -2.24. The number of thioether (sulfide) groups is 1. The lowest BCUT2D eigenvalue weighted by Gasteiger charge is -2.12. The lowest BCUT2D eigenvalue weighted by molar-refractivity contribution is -0.113. The van der Waals surface area contributed by atoms with Gasteiger partial charge < -0.3 is 10.1 Å². The van der Waals surface area contributed by atoms with Crippen molar-refractivity contribution in [2.24, 2.45) is 0 Å². The van der Waals surface area contributed by atoms with E-state index >= 15 is 0 Å². The third kappa shape index (κ3) is 5.18. The van der Waals surface area contributed by atoms with Crippen molar-refractivity contribution in [3.05, 3.63) is 88.0 Å². The molecule has 0 radical (unpaired) electrons. The Morgan fingerprint density at radius 1 is 1.11 bits per heavy atom. The summed E-state index contributed by atoms with van der Waals surface area (Å²) >= 11 is 2.89. The van der Waals surface area contributed by atoms with Crippen LogP contribution in [0.25, 0.3) is 10.2 Å². The van der Waals surface area contributed by atoms with Crippen molar-refractivity contribution in [1.82, 2.24) is 9.55 Å². The number of benzene rings is 2. The molecule has 8 heteroatoms. The number of rotatable bonds is 8. The number of hydrogen-bond donors (Lipinski definition) is 1. The summed E-state index contributed by atoms with van der Waals surface area (Å²) in [5.74, 6) is 1.41. The highest BCUT2D eigenvalue weighted by atomic mass is 32.2. The molecule has 0 fully saturated rings. The number of nitrogens with one attached hydrogen (secondary N) is 1. The fraction of sp³-hybridized carbons (Fsp3) is 0.222. The minimum Gasteiger partial charge on any atom is -0.457 e. The van der Waals surface area contributed by atoms with Crippen LogP contribution in [-0.4, -0.2) is 21.2 Å². The highest BCUT2D eigenvalue weighted by Crippen LogP contribution is 2.34. The zero-order valence-corrected chi connectivity index (χ0v) is 20.8. The number of amides is 1. The Hall–Kier alpha value is -3.36. The highest BCUT2D eigenvalue weighted by Gasteiger charge is 2.22. The number of aromatic nitrogens is 2. The number of fused-ring (bicyclic) bond motifs is 3. The van der Waals surface area contributed by atoms with E-state index in [0.29, 0.717) is 23.1 Å². The highest BCUT2D eigenvalue weighted by molar-refractivity contribution is 7.99. The van der Waals surface area contributed by atoms with Gasteiger partial charge in [-0.25, -0.2) is 4.98 Å². The Kier molecular flexibility index (Phi) is 7.01. The number of aryl methyl sites for hydroxylation is 2. The van der Waals surface area contributed by atoms with Gasteiger partial charge in [-0.05, 0) is 67.6 Å². The first kappa shape index (κ1) is 23.4. The quantitative estimate of drug-likeness (QED) is 0.180. The van der Waals surface area contributed by atoms with Gasteiger partial charge >= 0.3 is 0 Å². The average Bonchev–Trinajstić information content (AvgIpc) is 3.25. The number of nitrogens with zero attached hydrogens (tertiary/aromatic N) is 2. The van der Waals surface area contributed by atoms with Gasteiger partial charge in [0.2, 0.25) is 5.91 Å². The molecule has 0 saturated carbocycles. The van der Waals surface area contributed by atoms with Gasteiger partial charge in [-0.1, -0.05) is 36.0 Å². The summed E-state index contributed by atoms with van der Waals surface area (Å²) in [4.78, 5) is 32.8. The lowest BCUT2D eigenvalue weighted by atomic mass is 9.97. The maximum Gasteiger partial charge on any atom is 0.263 e. The van der Waals surface area contributed by atoms with Gasteiger partial charge in [0.05, 0.1) is 11.1 Å². The molecule has 0 atom stereocenters. The van der Waals surface area contributed by atoms with Crippen LogP contribution in [0.5, 0.6) is 11.5 Å². The van der Waals surface area contributed by atoms with E-state index in [1.807, 2.05) is 42.5 Å². The van der Waals surface area contributed by atoms with Crippen molar-refractivity contribution in [2.75, 3.05) is 11.1 Å². The molecule has 2 aromatic heterocycles. The second-order valence-corrected chi connectivity index (χ2v) is 10.3. The molecule has 1 N–H and O–H groups in total. The maximum absolute atomic E-state index is 13.3. The Bertz CT molecular complexity index is 1430. The van der Waals surface area contributed by atoms with E-state index in [0.717, 1.165) is 41.6 Å². The fourth-order valence-electron chi connectivity index (χ4n) is 4.18. The smallest absolute Gasteiger partial charge is 0.263 e. The molecule has 0 unspecified atom stereocenters. The largest absolute Gasteiger partial charge is 0.457 e. The second-order valence-electron chi connectivity index (χ2n) is 8.27. The van der Waals surface area contributed by atoms with Gasteiger partial charge in [-0.3, -0.25) is 14.2 Å². The summed E-state index contributed by atoms with van der Waals surface area (Å²) in [5, 5.41) is 4.19. The number of carbonyl (C=O) groups is 1. The maximum atomic E-state index is 13.3. The van der Waals surface area contributed by atoms with Crippen molar-refractivity contribution >= 4 is 44.9 Å². The van der Waals surface area contributed by atoms with Crippen LogP contribution in [-0.2, 0) is 24.2 Å². The molecule has 2 heterocycles. The molecule has 6 nitrogen and oxygen atoms in total. The molecule has 1 aliphatic carbocycles. The second kappa shape index (κ2) is 10.5. The molecule has 0 saturated heterocycles. The van der Waals surface area contributed by atoms with Crippen LogP contribution in [0.3, 0.4) is 0 Å². The predicted octanol–water partition coefficient (Wildman–Crippen LogP) is 6.05. The first-order valence-electron chi connectivity index (χ1n) is 11.5. The van der Waals surface area contributed by atoms with E-state index in [1.165, 1.54) is 22.2 Å². The summed E-state index contributed by atoms with van der Waals surface area (Å²) in [6.07, 6.45) is 5.90. The van der Waals surface area contributed by atoms with E-state index in [4.69, 9.17) is 9.72 Å². The third-order valence-electron chi connectivity index (χ3n) is 5.80. The predicted molar refractivity (Wildman–Crippen MR) is 143 cm³/mol. The monoisotopic (exact) mass is 503 g/mol. The molecule has 0 bridgehead atoms. The number of ether oxygens (including phenoxy) is 1. The van der Waals surface area contributed by atoms with Crippen LogP contribution in [0, 0.1) is 0 Å². The molecular formula is C27H25N3O3S2. The Morgan fingerprint density at radius 2 is 1.86 bits per heavy atom. The summed E-state index contributed by atoms with van der Waals surface area (Å²) in [5.41, 5.74) is 1.81. The minimum atomic E-state index is -0.170. The van der Waals surface area contributed by atoms with Crippen molar-refractivity contribution in [3.8, 4) is 11.5 Å².